The minimum absolute atomic E-state index is 0.00626. The van der Waals surface area contributed by atoms with Gasteiger partial charge in [-0.1, -0.05) is 24.9 Å². The smallest absolute Gasteiger partial charge is 0.337 e. The summed E-state index contributed by atoms with van der Waals surface area (Å²) in [5, 5.41) is 9.07. The van der Waals surface area contributed by atoms with Gasteiger partial charge in [-0.3, -0.25) is 4.79 Å². The van der Waals surface area contributed by atoms with Crippen LogP contribution < -0.4 is 10.6 Å². The number of aromatic carboxylic acids is 1. The number of aromatic nitrogens is 1. The maximum Gasteiger partial charge on any atom is 0.337 e. The van der Waals surface area contributed by atoms with Crippen LogP contribution in [0.1, 0.15) is 30.1 Å². The number of nitrogens with two attached hydrogens (primary N) is 1. The molecule has 0 aromatic carbocycles. The number of hydrogen-bond donors (Lipinski definition) is 2. The SMILES string of the molecule is CCCCN(CC(N)=O)c1cc(C(=O)O)c(Cl)cn1. The molecule has 1 aromatic rings. The van der Waals surface area contributed by atoms with Gasteiger partial charge in [0.25, 0.3) is 0 Å². The number of nitrogens with zero attached hydrogens (tertiary/aromatic N) is 2. The number of halogens is 1. The van der Waals surface area contributed by atoms with E-state index in [-0.39, 0.29) is 17.1 Å². The number of anilines is 1. The second kappa shape index (κ2) is 6.94. The Morgan fingerprint density at radius 2 is 2.21 bits per heavy atom. The first kappa shape index (κ1) is 15.2. The molecule has 104 valence electrons. The van der Waals surface area contributed by atoms with E-state index >= 15 is 0 Å². The lowest BCUT2D eigenvalue weighted by Crippen LogP contribution is -2.35. The Kier molecular flexibility index (Phi) is 5.57. The van der Waals surface area contributed by atoms with Crippen LogP contribution >= 0.6 is 11.6 Å². The minimum Gasteiger partial charge on any atom is -0.478 e. The van der Waals surface area contributed by atoms with Crippen LogP contribution in [0.4, 0.5) is 5.82 Å². The highest BCUT2D eigenvalue weighted by atomic mass is 35.5. The molecule has 0 aliphatic heterocycles. The number of carbonyl (C=O) groups excluding carboxylic acids is 1. The van der Waals surface area contributed by atoms with Gasteiger partial charge in [-0.15, -0.1) is 0 Å². The summed E-state index contributed by atoms with van der Waals surface area (Å²) in [5.41, 5.74) is 5.14. The second-order valence-corrected chi connectivity index (χ2v) is 4.48. The number of carboxylic acid groups (broad SMARTS) is 1. The van der Waals surface area contributed by atoms with E-state index in [9.17, 15) is 9.59 Å². The van der Waals surface area contributed by atoms with Gasteiger partial charge in [-0.25, -0.2) is 9.78 Å². The van der Waals surface area contributed by atoms with Crippen molar-refractivity contribution in [1.29, 1.82) is 0 Å². The van der Waals surface area contributed by atoms with Crippen molar-refractivity contribution in [3.8, 4) is 0 Å². The number of hydrogen-bond acceptors (Lipinski definition) is 4. The maximum atomic E-state index is 11.0. The van der Waals surface area contributed by atoms with Crippen molar-refractivity contribution >= 4 is 29.3 Å². The first-order valence-corrected chi connectivity index (χ1v) is 6.25. The summed E-state index contributed by atoms with van der Waals surface area (Å²) in [6.07, 6.45) is 3.05. The molecule has 0 fully saturated rings. The van der Waals surface area contributed by atoms with Crippen LogP contribution in [-0.2, 0) is 4.79 Å². The van der Waals surface area contributed by atoms with E-state index in [1.165, 1.54) is 12.3 Å². The molecule has 1 rings (SSSR count). The molecule has 0 unspecified atom stereocenters. The molecule has 1 amide bonds. The van der Waals surface area contributed by atoms with Gasteiger partial charge < -0.3 is 15.7 Å². The van der Waals surface area contributed by atoms with E-state index in [1.54, 1.807) is 4.90 Å². The van der Waals surface area contributed by atoms with E-state index in [0.29, 0.717) is 12.4 Å². The molecule has 0 aliphatic carbocycles. The first-order chi connectivity index (χ1) is 8.95. The summed E-state index contributed by atoms with van der Waals surface area (Å²) in [6.45, 7) is 2.58. The third-order valence-corrected chi connectivity index (χ3v) is 2.82. The van der Waals surface area contributed by atoms with Crippen molar-refractivity contribution in [1.82, 2.24) is 4.98 Å². The largest absolute Gasteiger partial charge is 0.478 e. The van der Waals surface area contributed by atoms with Gasteiger partial charge in [0.1, 0.15) is 5.82 Å². The van der Waals surface area contributed by atoms with E-state index < -0.39 is 11.9 Å². The summed E-state index contributed by atoms with van der Waals surface area (Å²) in [5.74, 6) is -1.25. The Labute approximate surface area is 116 Å². The van der Waals surface area contributed by atoms with E-state index in [2.05, 4.69) is 4.98 Å². The highest BCUT2D eigenvalue weighted by Crippen LogP contribution is 2.20. The van der Waals surface area contributed by atoms with Crippen molar-refractivity contribution in [2.45, 2.75) is 19.8 Å². The second-order valence-electron chi connectivity index (χ2n) is 4.07. The molecule has 7 heteroatoms. The summed E-state index contributed by atoms with van der Waals surface area (Å²) in [4.78, 5) is 27.8. The van der Waals surface area contributed by atoms with Crippen molar-refractivity contribution < 1.29 is 14.7 Å². The van der Waals surface area contributed by atoms with Gasteiger partial charge in [0.05, 0.1) is 17.1 Å². The molecule has 0 atom stereocenters. The van der Waals surface area contributed by atoms with Crippen molar-refractivity contribution in [2.75, 3.05) is 18.0 Å². The summed E-state index contributed by atoms with van der Waals surface area (Å²) in [6, 6.07) is 1.35. The van der Waals surface area contributed by atoms with Gasteiger partial charge in [-0.2, -0.15) is 0 Å². The van der Waals surface area contributed by atoms with Crippen LogP contribution in [0.3, 0.4) is 0 Å². The Balaban J connectivity index is 3.03. The average Bonchev–Trinajstić information content (AvgIpc) is 2.34. The highest BCUT2D eigenvalue weighted by molar-refractivity contribution is 6.33. The van der Waals surface area contributed by atoms with Crippen LogP contribution in [-0.4, -0.2) is 35.1 Å². The molecule has 19 heavy (non-hydrogen) atoms. The fraction of sp³-hybridized carbons (Fsp3) is 0.417. The summed E-state index contributed by atoms with van der Waals surface area (Å²) >= 11 is 5.75. The number of unbranched alkanes of at least 4 members (excludes halogenated alkanes) is 1. The van der Waals surface area contributed by atoms with Gasteiger partial charge in [0.2, 0.25) is 5.91 Å². The minimum atomic E-state index is -1.14. The topological polar surface area (TPSA) is 96.5 Å². The van der Waals surface area contributed by atoms with Gasteiger partial charge in [0, 0.05) is 12.7 Å². The third-order valence-electron chi connectivity index (χ3n) is 2.52. The van der Waals surface area contributed by atoms with Crippen LogP contribution in [0.15, 0.2) is 12.3 Å². The van der Waals surface area contributed by atoms with Gasteiger partial charge in [0.15, 0.2) is 0 Å². The van der Waals surface area contributed by atoms with Crippen LogP contribution in [0.2, 0.25) is 5.02 Å². The molecule has 0 spiro atoms. The molecule has 0 radical (unpaired) electrons. The lowest BCUT2D eigenvalue weighted by Gasteiger charge is -2.22. The number of carboxylic acids is 1. The Morgan fingerprint density at radius 1 is 1.53 bits per heavy atom. The monoisotopic (exact) mass is 285 g/mol. The molecule has 0 aliphatic rings. The number of carbonyl (C=O) groups is 2. The lowest BCUT2D eigenvalue weighted by molar-refractivity contribution is -0.116. The quantitative estimate of drug-likeness (QED) is 0.792. The lowest BCUT2D eigenvalue weighted by atomic mass is 10.2. The van der Waals surface area contributed by atoms with Gasteiger partial charge in [-0.05, 0) is 12.5 Å². The molecule has 0 saturated heterocycles. The zero-order chi connectivity index (χ0) is 14.4. The standard InChI is InChI=1S/C12H16ClN3O3/c1-2-3-4-16(7-10(14)17)11-5-8(12(18)19)9(13)6-15-11/h5-6H,2-4,7H2,1H3,(H2,14,17)(H,18,19). The normalized spacial score (nSPS) is 10.2. The predicted molar refractivity (Wildman–Crippen MR) is 72.5 cm³/mol. The maximum absolute atomic E-state index is 11.0. The van der Waals surface area contributed by atoms with E-state index in [1.807, 2.05) is 6.92 Å². The van der Waals surface area contributed by atoms with Crippen LogP contribution in [0, 0.1) is 0 Å². The number of pyridine rings is 1. The molecular formula is C12H16ClN3O3. The molecule has 3 N–H and O–H groups in total. The summed E-state index contributed by atoms with van der Waals surface area (Å²) in [7, 11) is 0. The Hall–Kier alpha value is -1.82. The fourth-order valence-corrected chi connectivity index (χ4v) is 1.76. The van der Waals surface area contributed by atoms with Crippen molar-refractivity contribution in [3.05, 3.63) is 22.8 Å². The van der Waals surface area contributed by atoms with Crippen molar-refractivity contribution in [2.24, 2.45) is 5.73 Å². The molecule has 1 heterocycles. The van der Waals surface area contributed by atoms with Gasteiger partial charge >= 0.3 is 5.97 Å². The number of rotatable bonds is 7. The van der Waals surface area contributed by atoms with Crippen LogP contribution in [0.25, 0.3) is 0 Å². The van der Waals surface area contributed by atoms with E-state index in [4.69, 9.17) is 22.4 Å². The number of amides is 1. The average molecular weight is 286 g/mol. The predicted octanol–water partition coefficient (Wildman–Crippen LogP) is 1.53. The molecule has 1 aromatic heterocycles. The molecule has 0 saturated carbocycles. The zero-order valence-corrected chi connectivity index (χ0v) is 11.4. The zero-order valence-electron chi connectivity index (χ0n) is 10.6. The Bertz CT molecular complexity index is 479. The Morgan fingerprint density at radius 3 is 2.74 bits per heavy atom. The van der Waals surface area contributed by atoms with Crippen molar-refractivity contribution in [3.63, 3.8) is 0 Å². The third kappa shape index (κ3) is 4.40. The highest BCUT2D eigenvalue weighted by Gasteiger charge is 2.15. The molecule has 0 bridgehead atoms. The molecule has 6 nitrogen and oxygen atoms in total. The number of primary amides is 1. The van der Waals surface area contributed by atoms with E-state index in [0.717, 1.165) is 12.8 Å². The first-order valence-electron chi connectivity index (χ1n) is 5.87. The fourth-order valence-electron chi connectivity index (χ4n) is 1.58. The summed E-state index contributed by atoms with van der Waals surface area (Å²) < 4.78 is 0. The molecular weight excluding hydrogens is 270 g/mol. The van der Waals surface area contributed by atoms with Crippen LogP contribution in [0.5, 0.6) is 0 Å².